The van der Waals surface area contributed by atoms with Crippen LogP contribution in [0.1, 0.15) is 41.3 Å². The smallest absolute Gasteiger partial charge is 0.274 e. The standard InChI is InChI=1S/C22H25N3O2S/c1-3-4-13-25(14-17-7-11-19(12-8-17)21(26)24-27)22-23-20(15-28-22)18-9-5-16(2)6-10-18/h5-12,15,27H,3-4,13-14H2,1-2H3,(H,24,26). The van der Waals surface area contributed by atoms with Gasteiger partial charge < -0.3 is 4.90 Å². The summed E-state index contributed by atoms with van der Waals surface area (Å²) in [6.07, 6.45) is 2.20. The van der Waals surface area contributed by atoms with E-state index in [0.717, 1.165) is 47.9 Å². The van der Waals surface area contributed by atoms with Gasteiger partial charge in [-0.3, -0.25) is 10.0 Å². The molecule has 1 aromatic heterocycles. The number of hydrogen-bond donors (Lipinski definition) is 2. The Labute approximate surface area is 169 Å². The zero-order chi connectivity index (χ0) is 19.9. The van der Waals surface area contributed by atoms with Gasteiger partial charge in [-0.25, -0.2) is 10.5 Å². The molecule has 5 nitrogen and oxygen atoms in total. The lowest BCUT2D eigenvalue weighted by atomic mass is 10.1. The highest BCUT2D eigenvalue weighted by molar-refractivity contribution is 7.14. The lowest BCUT2D eigenvalue weighted by Crippen LogP contribution is -2.24. The van der Waals surface area contributed by atoms with Crippen molar-refractivity contribution in [1.29, 1.82) is 0 Å². The molecule has 0 unspecified atom stereocenters. The van der Waals surface area contributed by atoms with Crippen LogP contribution in [0.3, 0.4) is 0 Å². The number of nitrogens with one attached hydrogen (secondary N) is 1. The minimum absolute atomic E-state index is 0.433. The third-order valence-corrected chi connectivity index (χ3v) is 5.48. The summed E-state index contributed by atoms with van der Waals surface area (Å²) < 4.78 is 0. The van der Waals surface area contributed by atoms with Crippen molar-refractivity contribution in [2.24, 2.45) is 0 Å². The Kier molecular flexibility index (Phi) is 6.79. The fourth-order valence-corrected chi connectivity index (χ4v) is 3.77. The molecule has 2 N–H and O–H groups in total. The van der Waals surface area contributed by atoms with E-state index in [1.165, 1.54) is 5.56 Å². The molecule has 28 heavy (non-hydrogen) atoms. The Hall–Kier alpha value is -2.70. The molecule has 0 fully saturated rings. The summed E-state index contributed by atoms with van der Waals surface area (Å²) >= 11 is 1.66. The molecular weight excluding hydrogens is 370 g/mol. The highest BCUT2D eigenvalue weighted by Gasteiger charge is 2.13. The number of thiazole rings is 1. The number of nitrogens with zero attached hydrogens (tertiary/aromatic N) is 2. The van der Waals surface area contributed by atoms with Crippen LogP contribution in [-0.4, -0.2) is 22.6 Å². The van der Waals surface area contributed by atoms with Gasteiger partial charge in [-0.2, -0.15) is 0 Å². The third-order valence-electron chi connectivity index (χ3n) is 4.58. The quantitative estimate of drug-likeness (QED) is 0.414. The average Bonchev–Trinajstić information content (AvgIpc) is 3.21. The number of amides is 1. The van der Waals surface area contributed by atoms with Crippen LogP contribution in [-0.2, 0) is 6.54 Å². The van der Waals surface area contributed by atoms with E-state index in [1.807, 2.05) is 12.1 Å². The van der Waals surface area contributed by atoms with E-state index in [2.05, 4.69) is 48.4 Å². The molecule has 3 rings (SSSR count). The van der Waals surface area contributed by atoms with Gasteiger partial charge in [0.25, 0.3) is 5.91 Å². The lowest BCUT2D eigenvalue weighted by Gasteiger charge is -2.22. The number of carbonyl (C=O) groups excluding carboxylic acids is 1. The first kappa shape index (κ1) is 20.0. The number of hydrogen-bond acceptors (Lipinski definition) is 5. The SMILES string of the molecule is CCCCN(Cc1ccc(C(=O)NO)cc1)c1nc(-c2ccc(C)cc2)cs1. The third kappa shape index (κ3) is 4.97. The van der Waals surface area contributed by atoms with Crippen LogP contribution >= 0.6 is 11.3 Å². The lowest BCUT2D eigenvalue weighted by molar-refractivity contribution is 0.0706. The summed E-state index contributed by atoms with van der Waals surface area (Å²) in [5.41, 5.74) is 6.55. The van der Waals surface area contributed by atoms with Crippen molar-refractivity contribution in [2.45, 2.75) is 33.2 Å². The van der Waals surface area contributed by atoms with Gasteiger partial charge in [0.1, 0.15) is 0 Å². The predicted molar refractivity (Wildman–Crippen MR) is 114 cm³/mol. The fraction of sp³-hybridized carbons (Fsp3) is 0.273. The molecule has 1 heterocycles. The molecule has 146 valence electrons. The Morgan fingerprint density at radius 2 is 1.86 bits per heavy atom. The first-order valence-corrected chi connectivity index (χ1v) is 10.3. The highest BCUT2D eigenvalue weighted by Crippen LogP contribution is 2.29. The first-order valence-electron chi connectivity index (χ1n) is 9.41. The molecule has 0 saturated carbocycles. The summed E-state index contributed by atoms with van der Waals surface area (Å²) in [6, 6.07) is 15.7. The first-order chi connectivity index (χ1) is 13.6. The second-order valence-corrected chi connectivity index (χ2v) is 7.63. The van der Waals surface area contributed by atoms with Gasteiger partial charge in [0.2, 0.25) is 0 Å². The topological polar surface area (TPSA) is 65.5 Å². The largest absolute Gasteiger partial charge is 0.344 e. The van der Waals surface area contributed by atoms with Crippen molar-refractivity contribution in [3.8, 4) is 11.3 Å². The number of anilines is 1. The van der Waals surface area contributed by atoms with E-state index in [9.17, 15) is 4.79 Å². The Morgan fingerprint density at radius 3 is 2.50 bits per heavy atom. The van der Waals surface area contributed by atoms with Crippen LogP contribution in [0.15, 0.2) is 53.9 Å². The minimum Gasteiger partial charge on any atom is -0.344 e. The summed E-state index contributed by atoms with van der Waals surface area (Å²) in [5.74, 6) is -0.503. The zero-order valence-corrected chi connectivity index (χ0v) is 17.0. The number of aromatic nitrogens is 1. The van der Waals surface area contributed by atoms with E-state index in [0.29, 0.717) is 5.56 Å². The number of rotatable bonds is 8. The summed E-state index contributed by atoms with van der Waals surface area (Å²) in [4.78, 5) is 18.6. The molecular formula is C22H25N3O2S. The molecule has 0 bridgehead atoms. The van der Waals surface area contributed by atoms with Crippen LogP contribution in [0.5, 0.6) is 0 Å². The van der Waals surface area contributed by atoms with Gasteiger partial charge in [-0.05, 0) is 31.0 Å². The van der Waals surface area contributed by atoms with Crippen LogP contribution in [0.25, 0.3) is 11.3 Å². The maximum Gasteiger partial charge on any atom is 0.274 e. The highest BCUT2D eigenvalue weighted by atomic mass is 32.1. The molecule has 0 aliphatic heterocycles. The van der Waals surface area contributed by atoms with Crippen molar-refractivity contribution in [2.75, 3.05) is 11.4 Å². The molecule has 0 atom stereocenters. The van der Waals surface area contributed by atoms with Gasteiger partial charge in [-0.1, -0.05) is 55.3 Å². The van der Waals surface area contributed by atoms with Crippen molar-refractivity contribution in [3.05, 3.63) is 70.6 Å². The zero-order valence-electron chi connectivity index (χ0n) is 16.2. The van der Waals surface area contributed by atoms with Crippen LogP contribution in [0.4, 0.5) is 5.13 Å². The van der Waals surface area contributed by atoms with Gasteiger partial charge in [0, 0.05) is 29.6 Å². The Morgan fingerprint density at radius 1 is 1.14 bits per heavy atom. The second-order valence-electron chi connectivity index (χ2n) is 6.79. The van der Waals surface area contributed by atoms with E-state index < -0.39 is 5.91 Å². The van der Waals surface area contributed by atoms with Crippen LogP contribution < -0.4 is 10.4 Å². The van der Waals surface area contributed by atoms with Crippen molar-refractivity contribution in [3.63, 3.8) is 0 Å². The van der Waals surface area contributed by atoms with Gasteiger partial charge in [0.15, 0.2) is 5.13 Å². The van der Waals surface area contributed by atoms with Gasteiger partial charge >= 0.3 is 0 Å². The van der Waals surface area contributed by atoms with E-state index >= 15 is 0 Å². The number of aryl methyl sites for hydroxylation is 1. The molecule has 2 aromatic carbocycles. The van der Waals surface area contributed by atoms with Crippen molar-refractivity contribution >= 4 is 22.4 Å². The van der Waals surface area contributed by atoms with E-state index in [-0.39, 0.29) is 0 Å². The number of carbonyl (C=O) groups is 1. The number of benzene rings is 2. The molecule has 0 spiro atoms. The minimum atomic E-state index is -0.503. The molecule has 0 radical (unpaired) electrons. The maximum absolute atomic E-state index is 11.5. The van der Waals surface area contributed by atoms with Crippen LogP contribution in [0.2, 0.25) is 0 Å². The molecule has 0 aliphatic carbocycles. The normalized spacial score (nSPS) is 10.7. The van der Waals surface area contributed by atoms with Gasteiger partial charge in [0.05, 0.1) is 5.69 Å². The van der Waals surface area contributed by atoms with Crippen LogP contribution in [0, 0.1) is 6.92 Å². The van der Waals surface area contributed by atoms with E-state index in [4.69, 9.17) is 10.2 Å². The summed E-state index contributed by atoms with van der Waals surface area (Å²) in [5, 5.41) is 11.9. The monoisotopic (exact) mass is 395 g/mol. The second kappa shape index (κ2) is 9.48. The van der Waals surface area contributed by atoms with Crippen molar-refractivity contribution < 1.29 is 10.0 Å². The molecule has 6 heteroatoms. The predicted octanol–water partition coefficient (Wildman–Crippen LogP) is 5.04. The molecule has 0 aliphatic rings. The van der Waals surface area contributed by atoms with Crippen molar-refractivity contribution in [1.82, 2.24) is 10.5 Å². The molecule has 1 amide bonds. The summed E-state index contributed by atoms with van der Waals surface area (Å²) in [6.45, 7) is 5.91. The molecule has 0 saturated heterocycles. The van der Waals surface area contributed by atoms with Gasteiger partial charge in [-0.15, -0.1) is 11.3 Å². The Balaban J connectivity index is 1.78. The number of unbranched alkanes of at least 4 members (excludes halogenated alkanes) is 1. The molecule has 3 aromatic rings. The average molecular weight is 396 g/mol. The maximum atomic E-state index is 11.5. The summed E-state index contributed by atoms with van der Waals surface area (Å²) in [7, 11) is 0. The van der Waals surface area contributed by atoms with E-state index in [1.54, 1.807) is 28.9 Å². The Bertz CT molecular complexity index is 904. The number of hydroxylamine groups is 1. The fourth-order valence-electron chi connectivity index (χ4n) is 2.90.